The monoisotopic (exact) mass is 782 g/mol. The Balaban J connectivity index is 1.23. The van der Waals surface area contributed by atoms with Gasteiger partial charge < -0.3 is 14.6 Å². The van der Waals surface area contributed by atoms with Crippen LogP contribution in [0.15, 0.2) is 72.3 Å². The van der Waals surface area contributed by atoms with Gasteiger partial charge in [0.25, 0.3) is 11.8 Å². The van der Waals surface area contributed by atoms with Crippen LogP contribution in [-0.4, -0.2) is 63.1 Å². The molecule has 0 spiro atoms. The summed E-state index contributed by atoms with van der Waals surface area (Å²) in [5, 5.41) is 9.93. The van der Waals surface area contributed by atoms with Gasteiger partial charge in [-0.15, -0.1) is 23.2 Å². The Morgan fingerprint density at radius 3 is 2.34 bits per heavy atom. The smallest absolute Gasteiger partial charge is 0.254 e. The number of amides is 4. The Morgan fingerprint density at radius 1 is 0.940 bits per heavy atom. The first-order valence-electron chi connectivity index (χ1n) is 15.8. The van der Waals surface area contributed by atoms with Crippen molar-refractivity contribution in [3.05, 3.63) is 94.8 Å². The summed E-state index contributed by atoms with van der Waals surface area (Å²) in [7, 11) is 3.16. The van der Waals surface area contributed by atoms with Gasteiger partial charge in [0.05, 0.1) is 37.2 Å². The fourth-order valence-electron chi connectivity index (χ4n) is 7.97. The number of ether oxygens (including phenoxy) is 2. The first-order chi connectivity index (χ1) is 23.9. The van der Waals surface area contributed by atoms with Gasteiger partial charge in [0, 0.05) is 11.5 Å². The number of imide groups is 2. The van der Waals surface area contributed by atoms with Crippen LogP contribution in [0.2, 0.25) is 0 Å². The Bertz CT molecular complexity index is 2020. The standard InChI is InChI=1S/C37H30BrCl2FN2O7/c1-49-23-10-14-29(50-2)20(15-23)6-3-19-4-8-22(9-5-19)43-32(45)25-12-11-24-26(30(25)33(43)46)17-36(39)34(47)42(18-38)35(48)37(36,40)31(24)21-7-13-28(44)27(41)16-21/h3-11,13-16,25-26,30-31,44H,12,17-18H2,1-2H3. The van der Waals surface area contributed by atoms with Gasteiger partial charge in [-0.3, -0.25) is 29.0 Å². The van der Waals surface area contributed by atoms with Crippen LogP contribution in [0, 0.1) is 23.6 Å². The fourth-order valence-corrected chi connectivity index (χ4v) is 9.40. The molecule has 3 aromatic rings. The number of nitrogens with zero attached hydrogens (tertiary/aromatic N) is 2. The number of hydrogen-bond acceptors (Lipinski definition) is 7. The van der Waals surface area contributed by atoms with Crippen molar-refractivity contribution in [1.29, 1.82) is 0 Å². The summed E-state index contributed by atoms with van der Waals surface area (Å²) in [6.45, 7) is 0. The largest absolute Gasteiger partial charge is 0.505 e. The molecule has 258 valence electrons. The van der Waals surface area contributed by atoms with E-state index >= 15 is 0 Å². The molecular formula is C37H30BrCl2FN2O7. The van der Waals surface area contributed by atoms with E-state index in [4.69, 9.17) is 32.7 Å². The summed E-state index contributed by atoms with van der Waals surface area (Å²) < 4.78 is 25.6. The van der Waals surface area contributed by atoms with Crippen molar-refractivity contribution in [2.24, 2.45) is 17.8 Å². The maximum atomic E-state index is 14.8. The third-order valence-electron chi connectivity index (χ3n) is 10.4. The van der Waals surface area contributed by atoms with E-state index in [-0.39, 0.29) is 23.9 Å². The van der Waals surface area contributed by atoms with Gasteiger partial charge in [0.15, 0.2) is 21.3 Å². The Hall–Kier alpha value is -4.19. The zero-order valence-electron chi connectivity index (χ0n) is 26.7. The van der Waals surface area contributed by atoms with E-state index in [1.807, 2.05) is 18.2 Å². The molecule has 1 saturated carbocycles. The van der Waals surface area contributed by atoms with Crippen molar-refractivity contribution in [3.63, 3.8) is 0 Å². The number of hydrogen-bond donors (Lipinski definition) is 1. The lowest BCUT2D eigenvalue weighted by atomic mass is 9.56. The highest BCUT2D eigenvalue weighted by Crippen LogP contribution is 2.65. The molecule has 50 heavy (non-hydrogen) atoms. The molecule has 0 radical (unpaired) electrons. The molecule has 4 amide bonds. The Kier molecular flexibility index (Phi) is 8.60. The Morgan fingerprint density at radius 2 is 1.68 bits per heavy atom. The molecule has 0 bridgehead atoms. The van der Waals surface area contributed by atoms with E-state index in [9.17, 15) is 28.7 Å². The predicted molar refractivity (Wildman–Crippen MR) is 189 cm³/mol. The molecule has 3 fully saturated rings. The molecule has 2 heterocycles. The van der Waals surface area contributed by atoms with E-state index in [1.54, 1.807) is 56.7 Å². The lowest BCUT2D eigenvalue weighted by Crippen LogP contribution is -2.60. The normalized spacial score (nSPS) is 28.9. The van der Waals surface area contributed by atoms with Gasteiger partial charge >= 0.3 is 0 Å². The third-order valence-corrected chi connectivity index (χ3v) is 12.3. The molecule has 9 nitrogen and oxygen atoms in total. The molecule has 7 rings (SSSR count). The number of allylic oxidation sites excluding steroid dienone is 2. The van der Waals surface area contributed by atoms with Crippen molar-refractivity contribution in [1.82, 2.24) is 4.90 Å². The molecular weight excluding hydrogens is 754 g/mol. The molecule has 1 N–H and O–H groups in total. The molecule has 6 atom stereocenters. The topological polar surface area (TPSA) is 113 Å². The van der Waals surface area contributed by atoms with Crippen molar-refractivity contribution in [2.75, 3.05) is 24.6 Å². The van der Waals surface area contributed by atoms with Crippen molar-refractivity contribution in [2.45, 2.75) is 28.5 Å². The van der Waals surface area contributed by atoms with Crippen LogP contribution < -0.4 is 14.4 Å². The van der Waals surface area contributed by atoms with E-state index < -0.39 is 68.6 Å². The van der Waals surface area contributed by atoms with Crippen LogP contribution in [0.1, 0.15) is 35.4 Å². The van der Waals surface area contributed by atoms with Gasteiger partial charge in [0.1, 0.15) is 11.5 Å². The summed E-state index contributed by atoms with van der Waals surface area (Å²) in [6, 6.07) is 16.0. The summed E-state index contributed by atoms with van der Waals surface area (Å²) in [5.41, 5.74) is 2.54. The zero-order valence-corrected chi connectivity index (χ0v) is 29.8. The van der Waals surface area contributed by atoms with Crippen LogP contribution in [0.3, 0.4) is 0 Å². The summed E-state index contributed by atoms with van der Waals surface area (Å²) in [6.07, 6.45) is 5.47. The van der Waals surface area contributed by atoms with E-state index in [1.165, 1.54) is 6.07 Å². The highest BCUT2D eigenvalue weighted by Gasteiger charge is 2.76. The van der Waals surface area contributed by atoms with Crippen molar-refractivity contribution >= 4 is 80.6 Å². The molecule has 3 aromatic carbocycles. The number of alkyl halides is 3. The third kappa shape index (κ3) is 4.92. The minimum atomic E-state index is -2.07. The minimum Gasteiger partial charge on any atom is -0.505 e. The molecule has 2 saturated heterocycles. The first-order valence-corrected chi connectivity index (χ1v) is 17.6. The number of methoxy groups -OCH3 is 2. The summed E-state index contributed by atoms with van der Waals surface area (Å²) in [5.74, 6) is -6.16. The second-order valence-corrected chi connectivity index (χ2v) is 14.5. The molecule has 2 aliphatic carbocycles. The molecule has 6 unspecified atom stereocenters. The SMILES string of the molecule is COc1ccc(OC)c(C=Cc2ccc(N3C(=O)C4CC=C5C(CC6(Cl)C(=O)N(CBr)C(=O)C6(Cl)C5c5ccc(O)c(F)c5)C4C3=O)cc2)c1. The maximum Gasteiger partial charge on any atom is 0.254 e. The lowest BCUT2D eigenvalue weighted by Gasteiger charge is -2.50. The van der Waals surface area contributed by atoms with E-state index in [2.05, 4.69) is 15.9 Å². The summed E-state index contributed by atoms with van der Waals surface area (Å²) >= 11 is 17.6. The predicted octanol–water partition coefficient (Wildman–Crippen LogP) is 6.63. The number of likely N-dealkylation sites (tertiary alicyclic amines) is 1. The van der Waals surface area contributed by atoms with Crippen LogP contribution in [0.5, 0.6) is 17.2 Å². The van der Waals surface area contributed by atoms with E-state index in [0.717, 1.165) is 33.1 Å². The van der Waals surface area contributed by atoms with Crippen molar-refractivity contribution < 1.29 is 38.1 Å². The highest BCUT2D eigenvalue weighted by molar-refractivity contribution is 9.09. The van der Waals surface area contributed by atoms with Crippen LogP contribution in [0.4, 0.5) is 10.1 Å². The highest BCUT2D eigenvalue weighted by atomic mass is 79.9. The van der Waals surface area contributed by atoms with Crippen LogP contribution >= 0.6 is 39.1 Å². The van der Waals surface area contributed by atoms with Gasteiger partial charge in [0.2, 0.25) is 11.8 Å². The first kappa shape index (κ1) is 34.3. The van der Waals surface area contributed by atoms with Gasteiger partial charge in [-0.2, -0.15) is 0 Å². The summed E-state index contributed by atoms with van der Waals surface area (Å²) in [4.78, 5) is 53.9. The number of carbonyl (C=O) groups excluding carboxylic acids is 4. The molecule has 13 heteroatoms. The number of fused-ring (bicyclic) bond motifs is 4. The number of halogens is 4. The lowest BCUT2D eigenvalue weighted by molar-refractivity contribution is -0.138. The number of benzene rings is 3. The van der Waals surface area contributed by atoms with Crippen molar-refractivity contribution in [3.8, 4) is 17.2 Å². The second-order valence-electron chi connectivity index (χ2n) is 12.7. The average Bonchev–Trinajstić information content (AvgIpc) is 3.45. The number of phenols is 1. The van der Waals surface area contributed by atoms with Crippen LogP contribution in [-0.2, 0) is 19.2 Å². The van der Waals surface area contributed by atoms with E-state index in [0.29, 0.717) is 22.8 Å². The van der Waals surface area contributed by atoms with Gasteiger partial charge in [-0.1, -0.05) is 57.9 Å². The molecule has 0 aromatic heterocycles. The molecule has 4 aliphatic rings. The quantitative estimate of drug-likeness (QED) is 0.0941. The maximum absolute atomic E-state index is 14.8. The molecule has 2 aliphatic heterocycles. The average molecular weight is 784 g/mol. The van der Waals surface area contributed by atoms with Gasteiger partial charge in [-0.25, -0.2) is 4.39 Å². The van der Waals surface area contributed by atoms with Gasteiger partial charge in [-0.05, 0) is 72.4 Å². The van der Waals surface area contributed by atoms with Crippen LogP contribution in [0.25, 0.3) is 12.2 Å². The number of carbonyl (C=O) groups is 4. The number of aromatic hydroxyl groups is 1. The minimum absolute atomic E-state index is 0.157. The number of phenolic OH excluding ortho intramolecular Hbond substituents is 1. The Labute approximate surface area is 305 Å². The second kappa shape index (κ2) is 12.5. The number of rotatable bonds is 7. The zero-order chi connectivity index (χ0) is 35.7. The fraction of sp³-hybridized carbons (Fsp3) is 0.297. The number of anilines is 1.